The maximum atomic E-state index is 13.1. The van der Waals surface area contributed by atoms with Gasteiger partial charge in [0, 0.05) is 6.07 Å². The van der Waals surface area contributed by atoms with E-state index in [0.717, 1.165) is 16.0 Å². The molecular weight excluding hydrogens is 392 g/mol. The van der Waals surface area contributed by atoms with Crippen molar-refractivity contribution in [3.8, 4) is 5.75 Å². The number of carbonyl (C=O) groups is 3. The predicted octanol–water partition coefficient (Wildman–Crippen LogP) is 1.94. The average molecular weight is 410 g/mol. The highest BCUT2D eigenvalue weighted by atomic mass is 16.6. The largest absolute Gasteiger partial charge is 0.494 e. The lowest BCUT2D eigenvalue weighted by Gasteiger charge is -2.22. The van der Waals surface area contributed by atoms with Gasteiger partial charge in [0.15, 0.2) is 0 Å². The molecule has 0 aromatic heterocycles. The minimum absolute atomic E-state index is 0.0935. The van der Waals surface area contributed by atoms with Gasteiger partial charge in [-0.05, 0) is 30.0 Å². The molecule has 0 bridgehead atoms. The van der Waals surface area contributed by atoms with E-state index in [9.17, 15) is 24.5 Å². The van der Waals surface area contributed by atoms with E-state index in [1.165, 1.54) is 25.3 Å². The summed E-state index contributed by atoms with van der Waals surface area (Å²) >= 11 is 0. The fraction of sp³-hybridized carbons (Fsp3) is 0.250. The van der Waals surface area contributed by atoms with Gasteiger partial charge >= 0.3 is 6.03 Å². The summed E-state index contributed by atoms with van der Waals surface area (Å²) in [5.74, 6) is -1.01. The van der Waals surface area contributed by atoms with Gasteiger partial charge < -0.3 is 15.4 Å². The van der Waals surface area contributed by atoms with Gasteiger partial charge in [0.25, 0.3) is 11.6 Å². The first kappa shape index (κ1) is 19.4. The summed E-state index contributed by atoms with van der Waals surface area (Å²) in [6.07, 6.45) is 1.09. The van der Waals surface area contributed by atoms with Crippen LogP contribution < -0.4 is 15.4 Å². The Morgan fingerprint density at radius 1 is 1.30 bits per heavy atom. The van der Waals surface area contributed by atoms with E-state index >= 15 is 0 Å². The quantitative estimate of drug-likeness (QED) is 0.440. The number of imide groups is 1. The SMILES string of the molecule is COc1cc([N+](=O)[O-])ccc1NC(=O)CN1C(=O)N[C@@]2(CCc3ccccc32)C1=O. The number of benzene rings is 2. The van der Waals surface area contributed by atoms with Gasteiger partial charge in [0.2, 0.25) is 5.91 Å². The number of aryl methyl sites for hydroxylation is 1. The molecule has 0 radical (unpaired) electrons. The van der Waals surface area contributed by atoms with Crippen molar-refractivity contribution in [3.05, 3.63) is 63.7 Å². The highest BCUT2D eigenvalue weighted by molar-refractivity contribution is 6.11. The average Bonchev–Trinajstić information content (AvgIpc) is 3.21. The zero-order valence-corrected chi connectivity index (χ0v) is 16.0. The topological polar surface area (TPSA) is 131 Å². The number of nitrogens with one attached hydrogen (secondary N) is 2. The highest BCUT2D eigenvalue weighted by Gasteiger charge is 2.55. The van der Waals surface area contributed by atoms with Crippen LogP contribution in [0.4, 0.5) is 16.2 Å². The molecule has 1 atom stereocenters. The van der Waals surface area contributed by atoms with Crippen LogP contribution in [0.2, 0.25) is 0 Å². The number of nitro groups is 1. The van der Waals surface area contributed by atoms with Crippen molar-refractivity contribution in [1.82, 2.24) is 10.2 Å². The Labute approximate surface area is 171 Å². The summed E-state index contributed by atoms with van der Waals surface area (Å²) in [6, 6.07) is 10.5. The molecule has 2 aromatic carbocycles. The van der Waals surface area contributed by atoms with Crippen molar-refractivity contribution in [2.45, 2.75) is 18.4 Å². The van der Waals surface area contributed by atoms with E-state index in [0.29, 0.717) is 12.8 Å². The van der Waals surface area contributed by atoms with Gasteiger partial charge in [-0.1, -0.05) is 24.3 Å². The molecule has 1 spiro atoms. The zero-order valence-electron chi connectivity index (χ0n) is 16.0. The second-order valence-corrected chi connectivity index (χ2v) is 7.07. The third-order valence-electron chi connectivity index (χ3n) is 5.39. The third-order valence-corrected chi connectivity index (χ3v) is 5.39. The van der Waals surface area contributed by atoms with Crippen LogP contribution in [0.5, 0.6) is 5.75 Å². The standard InChI is InChI=1S/C20H18N4O6/c1-30-16-10-13(24(28)29)6-7-15(16)21-17(25)11-23-18(26)20(22-19(23)27)9-8-12-4-2-3-5-14(12)20/h2-7,10H,8-9,11H2,1H3,(H,21,25)(H,22,27)/t20-/m1/s1. The number of hydrogen-bond acceptors (Lipinski definition) is 6. The first-order valence-electron chi connectivity index (χ1n) is 9.20. The molecule has 4 rings (SSSR count). The molecule has 10 heteroatoms. The number of anilines is 1. The maximum Gasteiger partial charge on any atom is 0.325 e. The summed E-state index contributed by atoms with van der Waals surface area (Å²) in [5.41, 5.74) is 0.608. The third kappa shape index (κ3) is 3.02. The molecule has 1 aliphatic carbocycles. The Bertz CT molecular complexity index is 1080. The maximum absolute atomic E-state index is 13.1. The number of urea groups is 1. The first-order valence-corrected chi connectivity index (χ1v) is 9.20. The number of rotatable bonds is 5. The van der Waals surface area contributed by atoms with Gasteiger partial charge in [-0.2, -0.15) is 0 Å². The van der Waals surface area contributed by atoms with Crippen LogP contribution in [0.25, 0.3) is 0 Å². The Kier molecular flexibility index (Phi) is 4.61. The van der Waals surface area contributed by atoms with Gasteiger partial charge in [-0.3, -0.25) is 24.6 Å². The van der Waals surface area contributed by atoms with E-state index in [2.05, 4.69) is 10.6 Å². The minimum atomic E-state index is -1.14. The van der Waals surface area contributed by atoms with Crippen molar-refractivity contribution in [1.29, 1.82) is 0 Å². The van der Waals surface area contributed by atoms with Crippen LogP contribution in [0, 0.1) is 10.1 Å². The Morgan fingerprint density at radius 2 is 2.07 bits per heavy atom. The van der Waals surface area contributed by atoms with Crippen LogP contribution in [0.1, 0.15) is 17.5 Å². The van der Waals surface area contributed by atoms with Crippen LogP contribution in [0.15, 0.2) is 42.5 Å². The van der Waals surface area contributed by atoms with Crippen molar-refractivity contribution in [3.63, 3.8) is 0 Å². The van der Waals surface area contributed by atoms with Crippen molar-refractivity contribution < 1.29 is 24.0 Å². The zero-order chi connectivity index (χ0) is 21.5. The number of carbonyl (C=O) groups excluding carboxylic acids is 3. The molecule has 1 fully saturated rings. The lowest BCUT2D eigenvalue weighted by molar-refractivity contribution is -0.384. The van der Waals surface area contributed by atoms with E-state index in [1.807, 2.05) is 24.3 Å². The molecule has 2 aliphatic rings. The van der Waals surface area contributed by atoms with E-state index in [-0.39, 0.29) is 17.1 Å². The monoisotopic (exact) mass is 410 g/mol. The Hall–Kier alpha value is -3.95. The molecular formula is C20H18N4O6. The molecule has 1 heterocycles. The second kappa shape index (κ2) is 7.14. The summed E-state index contributed by atoms with van der Waals surface area (Å²) in [7, 11) is 1.31. The van der Waals surface area contributed by atoms with Gasteiger partial charge in [0.05, 0.1) is 23.8 Å². The highest BCUT2D eigenvalue weighted by Crippen LogP contribution is 2.41. The molecule has 10 nitrogen and oxygen atoms in total. The molecule has 1 saturated heterocycles. The smallest absolute Gasteiger partial charge is 0.325 e. The molecule has 1 aliphatic heterocycles. The lowest BCUT2D eigenvalue weighted by atomic mass is 9.92. The van der Waals surface area contributed by atoms with E-state index in [1.54, 1.807) is 0 Å². The minimum Gasteiger partial charge on any atom is -0.494 e. The predicted molar refractivity (Wildman–Crippen MR) is 105 cm³/mol. The summed E-state index contributed by atoms with van der Waals surface area (Å²) in [6.45, 7) is -0.491. The normalized spacial score (nSPS) is 19.6. The van der Waals surface area contributed by atoms with Crippen molar-refractivity contribution in [2.75, 3.05) is 19.0 Å². The molecule has 2 N–H and O–H groups in total. The molecule has 0 unspecified atom stereocenters. The van der Waals surface area contributed by atoms with Crippen LogP contribution in [-0.2, 0) is 21.5 Å². The molecule has 4 amide bonds. The van der Waals surface area contributed by atoms with Crippen LogP contribution >= 0.6 is 0 Å². The van der Waals surface area contributed by atoms with E-state index in [4.69, 9.17) is 4.74 Å². The van der Waals surface area contributed by atoms with Crippen molar-refractivity contribution in [2.24, 2.45) is 0 Å². The van der Waals surface area contributed by atoms with Gasteiger partial charge in [-0.15, -0.1) is 0 Å². The Balaban J connectivity index is 1.52. The molecule has 2 aromatic rings. The fourth-order valence-corrected chi connectivity index (χ4v) is 3.96. The van der Waals surface area contributed by atoms with Crippen LogP contribution in [0.3, 0.4) is 0 Å². The Morgan fingerprint density at radius 3 is 2.80 bits per heavy atom. The number of amides is 4. The van der Waals surface area contributed by atoms with Gasteiger partial charge in [-0.25, -0.2) is 4.79 Å². The number of nitro benzene ring substituents is 1. The number of hydrogen-bond donors (Lipinski definition) is 2. The lowest BCUT2D eigenvalue weighted by Crippen LogP contribution is -2.43. The first-order chi connectivity index (χ1) is 14.4. The molecule has 0 saturated carbocycles. The van der Waals surface area contributed by atoms with Gasteiger partial charge in [0.1, 0.15) is 17.8 Å². The van der Waals surface area contributed by atoms with Crippen molar-refractivity contribution >= 4 is 29.2 Å². The number of non-ortho nitro benzene ring substituents is 1. The number of ether oxygens (including phenoxy) is 1. The molecule has 154 valence electrons. The fourth-order valence-electron chi connectivity index (χ4n) is 3.96. The number of nitrogens with zero attached hydrogens (tertiary/aromatic N) is 2. The number of methoxy groups -OCH3 is 1. The summed E-state index contributed by atoms with van der Waals surface area (Å²) < 4.78 is 5.09. The number of fused-ring (bicyclic) bond motifs is 2. The van der Waals surface area contributed by atoms with Crippen LogP contribution in [-0.4, -0.2) is 41.3 Å². The summed E-state index contributed by atoms with van der Waals surface area (Å²) in [5, 5.41) is 16.2. The second-order valence-electron chi connectivity index (χ2n) is 7.07. The molecule has 30 heavy (non-hydrogen) atoms. The van der Waals surface area contributed by atoms with E-state index < -0.39 is 34.9 Å². The summed E-state index contributed by atoms with van der Waals surface area (Å²) in [4.78, 5) is 49.3.